The fourth-order valence-electron chi connectivity index (χ4n) is 3.88. The van der Waals surface area contributed by atoms with Gasteiger partial charge in [0.2, 0.25) is 5.43 Å². The average molecular weight is 404 g/mol. The topological polar surface area (TPSA) is 115 Å². The van der Waals surface area contributed by atoms with Crippen LogP contribution >= 0.6 is 0 Å². The van der Waals surface area contributed by atoms with E-state index in [1.54, 1.807) is 36.3 Å². The van der Waals surface area contributed by atoms with Gasteiger partial charge in [-0.15, -0.1) is 0 Å². The van der Waals surface area contributed by atoms with Crippen LogP contribution in [0.15, 0.2) is 58.2 Å². The summed E-state index contributed by atoms with van der Waals surface area (Å²) in [5.41, 5.74) is 1.81. The zero-order valence-electron chi connectivity index (χ0n) is 15.8. The van der Waals surface area contributed by atoms with Gasteiger partial charge in [-0.3, -0.25) is 14.3 Å². The van der Waals surface area contributed by atoms with Crippen molar-refractivity contribution in [3.05, 3.63) is 70.3 Å². The molecule has 8 heteroatoms. The standard InChI is InChI=1S/C22H16N2O6/c1-24-9-12(8-23-24)14-6-18(27)30-17-7-16(26)20-21(28)15(10-29-22(20)19(14)17)11-2-4-13(25)5-3-11/h2-5,7-10,14,25-26H,6H2,1H3/t14-/m0/s1. The highest BCUT2D eigenvalue weighted by atomic mass is 16.5. The number of carbonyl (C=O) groups is 1. The Labute approximate surface area is 169 Å². The highest BCUT2D eigenvalue weighted by Gasteiger charge is 2.34. The fourth-order valence-corrected chi connectivity index (χ4v) is 3.88. The molecule has 1 aliphatic rings. The van der Waals surface area contributed by atoms with E-state index in [2.05, 4.69) is 5.10 Å². The summed E-state index contributed by atoms with van der Waals surface area (Å²) in [6, 6.07) is 7.37. The van der Waals surface area contributed by atoms with Gasteiger partial charge in [0.05, 0.1) is 18.2 Å². The van der Waals surface area contributed by atoms with Crippen molar-refractivity contribution in [2.45, 2.75) is 12.3 Å². The summed E-state index contributed by atoms with van der Waals surface area (Å²) in [4.78, 5) is 25.4. The van der Waals surface area contributed by atoms with Crippen LogP contribution < -0.4 is 10.2 Å². The minimum atomic E-state index is -0.446. The predicted octanol–water partition coefficient (Wildman–Crippen LogP) is 3.05. The maximum absolute atomic E-state index is 13.2. The molecule has 3 heterocycles. The molecular formula is C22H16N2O6. The van der Waals surface area contributed by atoms with Gasteiger partial charge >= 0.3 is 5.97 Å². The van der Waals surface area contributed by atoms with E-state index in [0.717, 1.165) is 5.56 Å². The second-order valence-electron chi connectivity index (χ2n) is 7.22. The van der Waals surface area contributed by atoms with Crippen LogP contribution in [0.1, 0.15) is 23.5 Å². The molecule has 150 valence electrons. The van der Waals surface area contributed by atoms with Crippen LogP contribution in [0.2, 0.25) is 0 Å². The molecule has 0 aliphatic carbocycles. The lowest BCUT2D eigenvalue weighted by Crippen LogP contribution is -2.22. The van der Waals surface area contributed by atoms with Crippen molar-refractivity contribution in [3.63, 3.8) is 0 Å². The molecule has 8 nitrogen and oxygen atoms in total. The summed E-state index contributed by atoms with van der Waals surface area (Å²) < 4.78 is 12.8. The molecule has 1 aliphatic heterocycles. The van der Waals surface area contributed by atoms with Gasteiger partial charge in [-0.05, 0) is 23.3 Å². The Balaban J connectivity index is 1.78. The monoisotopic (exact) mass is 404 g/mol. The van der Waals surface area contributed by atoms with Crippen molar-refractivity contribution < 1.29 is 24.2 Å². The molecule has 0 saturated carbocycles. The maximum atomic E-state index is 13.2. The number of esters is 1. The fraction of sp³-hybridized carbons (Fsp3) is 0.136. The molecule has 2 aromatic carbocycles. The maximum Gasteiger partial charge on any atom is 0.312 e. The Kier molecular flexibility index (Phi) is 3.89. The SMILES string of the molecule is Cn1cc([C@@H]2CC(=O)Oc3cc(O)c4c(=O)c(-c5ccc(O)cc5)coc4c32)cn1. The number of benzene rings is 2. The lowest BCUT2D eigenvalue weighted by atomic mass is 9.86. The zero-order valence-corrected chi connectivity index (χ0v) is 15.8. The number of phenolic OH excluding ortho intramolecular Hbond substituents is 2. The second-order valence-corrected chi connectivity index (χ2v) is 7.22. The molecule has 1 atom stereocenters. The largest absolute Gasteiger partial charge is 0.508 e. The number of aryl methyl sites for hydroxylation is 1. The van der Waals surface area contributed by atoms with E-state index in [1.807, 2.05) is 0 Å². The molecule has 5 rings (SSSR count). The van der Waals surface area contributed by atoms with E-state index >= 15 is 0 Å². The van der Waals surface area contributed by atoms with Crippen LogP contribution in [-0.2, 0) is 11.8 Å². The third-order valence-electron chi connectivity index (χ3n) is 5.28. The lowest BCUT2D eigenvalue weighted by Gasteiger charge is -2.24. The van der Waals surface area contributed by atoms with Crippen molar-refractivity contribution in [1.29, 1.82) is 0 Å². The van der Waals surface area contributed by atoms with Gasteiger partial charge in [-0.25, -0.2) is 0 Å². The first kappa shape index (κ1) is 18.0. The van der Waals surface area contributed by atoms with E-state index in [-0.39, 0.29) is 40.2 Å². The number of phenols is 2. The molecule has 0 saturated heterocycles. The van der Waals surface area contributed by atoms with E-state index < -0.39 is 17.3 Å². The van der Waals surface area contributed by atoms with E-state index in [0.29, 0.717) is 11.1 Å². The van der Waals surface area contributed by atoms with Crippen LogP contribution in [0.4, 0.5) is 0 Å². The molecule has 0 fully saturated rings. The first-order chi connectivity index (χ1) is 14.4. The number of aromatic nitrogens is 2. The highest BCUT2D eigenvalue weighted by molar-refractivity contribution is 5.94. The Bertz CT molecular complexity index is 1370. The summed E-state index contributed by atoms with van der Waals surface area (Å²) in [7, 11) is 1.77. The minimum absolute atomic E-state index is 0.00571. The minimum Gasteiger partial charge on any atom is -0.508 e. The van der Waals surface area contributed by atoms with E-state index in [9.17, 15) is 19.8 Å². The van der Waals surface area contributed by atoms with Crippen LogP contribution in [0, 0.1) is 0 Å². The van der Waals surface area contributed by atoms with Crippen LogP contribution in [0.3, 0.4) is 0 Å². The molecule has 0 spiro atoms. The second kappa shape index (κ2) is 6.48. The molecule has 0 radical (unpaired) electrons. The first-order valence-corrected chi connectivity index (χ1v) is 9.22. The summed E-state index contributed by atoms with van der Waals surface area (Å²) in [6.07, 6.45) is 4.80. The van der Waals surface area contributed by atoms with Gasteiger partial charge in [-0.2, -0.15) is 5.10 Å². The molecule has 2 aromatic heterocycles. The van der Waals surface area contributed by atoms with Crippen molar-refractivity contribution in [1.82, 2.24) is 9.78 Å². The number of aromatic hydroxyl groups is 2. The third kappa shape index (κ3) is 2.73. The van der Waals surface area contributed by atoms with Gasteiger partial charge in [0.1, 0.15) is 34.5 Å². The molecule has 2 N–H and O–H groups in total. The number of carbonyl (C=O) groups excluding carboxylic acids is 1. The average Bonchev–Trinajstić information content (AvgIpc) is 3.14. The summed E-state index contributed by atoms with van der Waals surface area (Å²) >= 11 is 0. The zero-order chi connectivity index (χ0) is 21.0. The molecular weight excluding hydrogens is 388 g/mol. The summed E-state index contributed by atoms with van der Waals surface area (Å²) in [5, 5.41) is 24.2. The van der Waals surface area contributed by atoms with Crippen molar-refractivity contribution in [2.75, 3.05) is 0 Å². The number of rotatable bonds is 2. The number of nitrogens with zero attached hydrogens (tertiary/aromatic N) is 2. The van der Waals surface area contributed by atoms with Gasteiger partial charge in [-0.1, -0.05) is 12.1 Å². The van der Waals surface area contributed by atoms with Crippen molar-refractivity contribution in [3.8, 4) is 28.4 Å². The molecule has 4 aromatic rings. The normalized spacial score (nSPS) is 15.8. The lowest BCUT2D eigenvalue weighted by molar-refractivity contribution is -0.135. The van der Waals surface area contributed by atoms with Gasteiger partial charge in [0, 0.05) is 30.8 Å². The highest BCUT2D eigenvalue weighted by Crippen LogP contribution is 2.45. The molecule has 30 heavy (non-hydrogen) atoms. The number of ether oxygens (including phenoxy) is 1. The third-order valence-corrected chi connectivity index (χ3v) is 5.28. The van der Waals surface area contributed by atoms with Gasteiger partial charge < -0.3 is 19.4 Å². The molecule has 0 unspecified atom stereocenters. The van der Waals surface area contributed by atoms with Crippen LogP contribution in [0.25, 0.3) is 22.1 Å². The summed E-state index contributed by atoms with van der Waals surface area (Å²) in [6.45, 7) is 0. The van der Waals surface area contributed by atoms with Crippen molar-refractivity contribution >= 4 is 16.9 Å². The Morgan fingerprint density at radius 3 is 2.63 bits per heavy atom. The number of hydrogen-bond acceptors (Lipinski definition) is 7. The van der Waals surface area contributed by atoms with Crippen LogP contribution in [-0.4, -0.2) is 26.0 Å². The smallest absolute Gasteiger partial charge is 0.312 e. The molecule has 0 amide bonds. The summed E-state index contributed by atoms with van der Waals surface area (Å²) in [5.74, 6) is -0.982. The Morgan fingerprint density at radius 1 is 1.17 bits per heavy atom. The number of hydrogen-bond donors (Lipinski definition) is 2. The van der Waals surface area contributed by atoms with E-state index in [4.69, 9.17) is 9.15 Å². The first-order valence-electron chi connectivity index (χ1n) is 9.22. The Morgan fingerprint density at radius 2 is 1.93 bits per heavy atom. The van der Waals surface area contributed by atoms with Gasteiger partial charge in [0.15, 0.2) is 0 Å². The van der Waals surface area contributed by atoms with Crippen molar-refractivity contribution in [2.24, 2.45) is 7.05 Å². The number of fused-ring (bicyclic) bond motifs is 3. The van der Waals surface area contributed by atoms with E-state index in [1.165, 1.54) is 24.5 Å². The molecule has 0 bridgehead atoms. The quantitative estimate of drug-likeness (QED) is 0.390. The predicted molar refractivity (Wildman–Crippen MR) is 107 cm³/mol. The van der Waals surface area contributed by atoms with Crippen LogP contribution in [0.5, 0.6) is 17.2 Å². The Hall–Kier alpha value is -4.07. The van der Waals surface area contributed by atoms with Gasteiger partial charge in [0.25, 0.3) is 0 Å².